The van der Waals surface area contributed by atoms with Crippen LogP contribution in [0.3, 0.4) is 0 Å². The van der Waals surface area contributed by atoms with E-state index in [1.807, 2.05) is 0 Å². The summed E-state index contributed by atoms with van der Waals surface area (Å²) in [4.78, 5) is 57.1. The zero-order valence-electron chi connectivity index (χ0n) is 24.9. The monoisotopic (exact) mass is 575 g/mol. The normalized spacial score (nSPS) is 26.9. The molecule has 0 aromatic carbocycles. The number of carbonyl (C=O) groups excluding carboxylic acids is 4. The molecule has 6 atom stereocenters. The fraction of sp³-hybridized carbons (Fsp3) is 0.742. The third-order valence-corrected chi connectivity index (χ3v) is 8.54. The predicted octanol–water partition coefficient (Wildman–Crippen LogP) is 2.74. The van der Waals surface area contributed by atoms with Crippen LogP contribution in [0.15, 0.2) is 25.3 Å². The van der Waals surface area contributed by atoms with Crippen molar-refractivity contribution in [1.29, 1.82) is 0 Å². The van der Waals surface area contributed by atoms with Crippen molar-refractivity contribution in [2.45, 2.75) is 102 Å². The largest absolute Gasteiger partial charge is 0.460 e. The molecule has 10 nitrogen and oxygen atoms in total. The van der Waals surface area contributed by atoms with Gasteiger partial charge in [-0.2, -0.15) is 0 Å². The number of hydrogen-bond donors (Lipinski definition) is 2. The van der Waals surface area contributed by atoms with Gasteiger partial charge in [-0.1, -0.05) is 31.9 Å². The van der Waals surface area contributed by atoms with Crippen LogP contribution in [0.2, 0.25) is 0 Å². The molecule has 3 aliphatic heterocycles. The van der Waals surface area contributed by atoms with E-state index in [9.17, 15) is 24.3 Å². The number of allylic oxidation sites excluding steroid dienone is 1. The Kier molecular flexibility index (Phi) is 12.4. The maximum absolute atomic E-state index is 14.2. The topological polar surface area (TPSA) is 125 Å². The SMILES string of the molecule is C=CCCC(=O)NC[C@H](C)OC(=O)[C@@H]1[C@H]2C(=O)N(CCCCCO)[C@H](C(=O)N(CC=C)CCCCC)[C@]23CC[C@H]1O3. The number of nitrogens with zero attached hydrogens (tertiary/aromatic N) is 2. The lowest BCUT2D eigenvalue weighted by Gasteiger charge is -2.37. The van der Waals surface area contributed by atoms with Gasteiger partial charge in [-0.25, -0.2) is 0 Å². The second-order valence-electron chi connectivity index (χ2n) is 11.5. The van der Waals surface area contributed by atoms with Gasteiger partial charge < -0.3 is 29.7 Å². The average molecular weight is 576 g/mol. The third kappa shape index (κ3) is 7.38. The lowest BCUT2D eigenvalue weighted by molar-refractivity contribution is -0.159. The standard InChI is InChI=1S/C31H49N3O7/c1-5-8-11-18-33(17-7-3)29(38)27-31-16-15-23(41-31)25(26(31)28(37)34(27)19-12-10-13-20-35)30(39)40-22(4)21-32-24(36)14-9-6-2/h6-7,22-23,25-27,35H,2-3,5,8-21H2,1,4H3,(H,32,36)/t22-,23+,25-,26-,27+,31-/m0/s1. The van der Waals surface area contributed by atoms with E-state index in [2.05, 4.69) is 25.4 Å². The summed E-state index contributed by atoms with van der Waals surface area (Å²) in [6.45, 7) is 12.8. The Morgan fingerprint density at radius 1 is 1.22 bits per heavy atom. The van der Waals surface area contributed by atoms with Crippen LogP contribution < -0.4 is 5.32 Å². The van der Waals surface area contributed by atoms with Gasteiger partial charge in [0.05, 0.1) is 24.5 Å². The number of nitrogens with one attached hydrogen (secondary N) is 1. The minimum atomic E-state index is -1.08. The Hall–Kier alpha value is -2.72. The van der Waals surface area contributed by atoms with E-state index in [1.165, 1.54) is 0 Å². The van der Waals surface area contributed by atoms with E-state index in [-0.39, 0.29) is 30.9 Å². The fourth-order valence-corrected chi connectivity index (χ4v) is 6.58. The van der Waals surface area contributed by atoms with Gasteiger partial charge in [0.2, 0.25) is 17.7 Å². The first-order valence-corrected chi connectivity index (χ1v) is 15.3. The molecular formula is C31H49N3O7. The number of fused-ring (bicyclic) bond motifs is 1. The van der Waals surface area contributed by atoms with E-state index in [0.29, 0.717) is 58.2 Å². The van der Waals surface area contributed by atoms with Gasteiger partial charge in [0.1, 0.15) is 17.7 Å². The Balaban J connectivity index is 1.81. The van der Waals surface area contributed by atoms with E-state index in [1.54, 1.807) is 28.9 Å². The summed E-state index contributed by atoms with van der Waals surface area (Å²) < 4.78 is 12.2. The van der Waals surface area contributed by atoms with Gasteiger partial charge in [0.25, 0.3) is 0 Å². The van der Waals surface area contributed by atoms with E-state index < -0.39 is 41.7 Å². The number of ether oxygens (including phenoxy) is 2. The summed E-state index contributed by atoms with van der Waals surface area (Å²) in [5.74, 6) is -2.68. The molecule has 2 N–H and O–H groups in total. The van der Waals surface area contributed by atoms with Gasteiger partial charge in [-0.3, -0.25) is 19.2 Å². The van der Waals surface area contributed by atoms with Crippen LogP contribution in [0, 0.1) is 11.8 Å². The highest BCUT2D eigenvalue weighted by Crippen LogP contribution is 2.58. The number of esters is 1. The summed E-state index contributed by atoms with van der Waals surface area (Å²) >= 11 is 0. The molecule has 0 radical (unpaired) electrons. The zero-order valence-corrected chi connectivity index (χ0v) is 24.9. The highest BCUT2D eigenvalue weighted by molar-refractivity contribution is 5.98. The lowest BCUT2D eigenvalue weighted by Crippen LogP contribution is -2.56. The summed E-state index contributed by atoms with van der Waals surface area (Å²) in [6, 6.07) is -0.819. The van der Waals surface area contributed by atoms with Crippen molar-refractivity contribution in [3.63, 3.8) is 0 Å². The summed E-state index contributed by atoms with van der Waals surface area (Å²) in [7, 11) is 0. The molecule has 41 heavy (non-hydrogen) atoms. The zero-order chi connectivity index (χ0) is 30.0. The number of aliphatic hydroxyl groups excluding tert-OH is 1. The molecule has 2 bridgehead atoms. The average Bonchev–Trinajstić information content (AvgIpc) is 3.59. The molecule has 0 aromatic rings. The second kappa shape index (κ2) is 15.5. The Morgan fingerprint density at radius 2 is 2.00 bits per heavy atom. The maximum Gasteiger partial charge on any atom is 0.312 e. The Labute approximate surface area is 244 Å². The highest BCUT2D eigenvalue weighted by atomic mass is 16.6. The molecule has 3 amide bonds. The maximum atomic E-state index is 14.2. The molecule has 3 rings (SSSR count). The molecule has 230 valence electrons. The van der Waals surface area contributed by atoms with Gasteiger partial charge in [-0.15, -0.1) is 13.2 Å². The molecule has 0 saturated carbocycles. The predicted molar refractivity (Wildman–Crippen MR) is 155 cm³/mol. The molecule has 0 aromatic heterocycles. The van der Waals surface area contributed by atoms with Crippen LogP contribution >= 0.6 is 0 Å². The smallest absolute Gasteiger partial charge is 0.312 e. The molecular weight excluding hydrogens is 526 g/mol. The number of aliphatic hydroxyl groups is 1. The molecule has 3 saturated heterocycles. The van der Waals surface area contributed by atoms with E-state index >= 15 is 0 Å². The van der Waals surface area contributed by atoms with Crippen LogP contribution in [0.5, 0.6) is 0 Å². The summed E-state index contributed by atoms with van der Waals surface area (Å²) in [5.41, 5.74) is -1.08. The van der Waals surface area contributed by atoms with Gasteiger partial charge in [0, 0.05) is 32.7 Å². The first kappa shape index (κ1) is 32.8. The van der Waals surface area contributed by atoms with Gasteiger partial charge in [-0.05, 0) is 51.9 Å². The molecule has 0 aliphatic carbocycles. The summed E-state index contributed by atoms with van der Waals surface area (Å²) in [6.07, 6.45) is 9.08. The van der Waals surface area contributed by atoms with Crippen molar-refractivity contribution in [2.75, 3.05) is 32.8 Å². The number of amides is 3. The minimum Gasteiger partial charge on any atom is -0.460 e. The van der Waals surface area contributed by atoms with E-state index in [0.717, 1.165) is 25.7 Å². The number of likely N-dealkylation sites (tertiary alicyclic amines) is 1. The fourth-order valence-electron chi connectivity index (χ4n) is 6.58. The van der Waals surface area contributed by atoms with Crippen LogP contribution in [0.4, 0.5) is 0 Å². The molecule has 3 fully saturated rings. The van der Waals surface area contributed by atoms with Crippen molar-refractivity contribution in [2.24, 2.45) is 11.8 Å². The van der Waals surface area contributed by atoms with Crippen molar-refractivity contribution in [3.05, 3.63) is 25.3 Å². The van der Waals surface area contributed by atoms with E-state index in [4.69, 9.17) is 9.47 Å². The first-order chi connectivity index (χ1) is 19.7. The van der Waals surface area contributed by atoms with Crippen molar-refractivity contribution < 1.29 is 33.8 Å². The highest BCUT2D eigenvalue weighted by Gasteiger charge is 2.75. The molecule has 10 heteroatoms. The van der Waals surface area contributed by atoms with Crippen LogP contribution in [-0.2, 0) is 28.7 Å². The van der Waals surface area contributed by atoms with Crippen molar-refractivity contribution >= 4 is 23.7 Å². The Morgan fingerprint density at radius 3 is 2.68 bits per heavy atom. The third-order valence-electron chi connectivity index (χ3n) is 8.54. The number of unbranched alkanes of at least 4 members (excludes halogenated alkanes) is 4. The second-order valence-corrected chi connectivity index (χ2v) is 11.5. The number of hydrogen-bond acceptors (Lipinski definition) is 7. The number of carbonyl (C=O) groups is 4. The first-order valence-electron chi connectivity index (χ1n) is 15.3. The molecule has 3 aliphatic rings. The van der Waals surface area contributed by atoms with Crippen LogP contribution in [-0.4, -0.2) is 95.2 Å². The lowest BCUT2D eigenvalue weighted by atomic mass is 9.70. The molecule has 1 spiro atoms. The summed E-state index contributed by atoms with van der Waals surface area (Å²) in [5, 5.41) is 12.0. The molecule has 0 unspecified atom stereocenters. The minimum absolute atomic E-state index is 0.0685. The Bertz CT molecular complexity index is 956. The van der Waals surface area contributed by atoms with Crippen molar-refractivity contribution in [3.8, 4) is 0 Å². The van der Waals surface area contributed by atoms with Crippen LogP contribution in [0.25, 0.3) is 0 Å². The number of rotatable bonds is 19. The van der Waals surface area contributed by atoms with Gasteiger partial charge >= 0.3 is 5.97 Å². The molecule has 3 heterocycles. The van der Waals surface area contributed by atoms with Gasteiger partial charge in [0.15, 0.2) is 0 Å². The quantitative estimate of drug-likeness (QED) is 0.138. The van der Waals surface area contributed by atoms with Crippen molar-refractivity contribution in [1.82, 2.24) is 15.1 Å². The van der Waals surface area contributed by atoms with Crippen LogP contribution in [0.1, 0.15) is 78.1 Å².